The van der Waals surface area contributed by atoms with Crippen LogP contribution >= 0.6 is 0 Å². The largest absolute Gasteiger partial charge is 0.320 e. The topological polar surface area (TPSA) is 115 Å². The lowest BCUT2D eigenvalue weighted by Gasteiger charge is -2.22. The van der Waals surface area contributed by atoms with Crippen LogP contribution in [-0.4, -0.2) is 38.9 Å². The Bertz CT molecular complexity index is 766. The normalized spacial score (nSPS) is 15.2. The van der Waals surface area contributed by atoms with Crippen LogP contribution in [0.15, 0.2) is 24.4 Å². The molecule has 0 saturated carbocycles. The van der Waals surface area contributed by atoms with E-state index in [9.17, 15) is 14.9 Å². The predicted octanol–water partition coefficient (Wildman–Crippen LogP) is 1.67. The number of rotatable bonds is 4. The fourth-order valence-electron chi connectivity index (χ4n) is 2.71. The maximum Gasteiger partial charge on any atom is 0.277 e. The first-order valence-electron chi connectivity index (χ1n) is 7.73. The summed E-state index contributed by atoms with van der Waals surface area (Å²) in [4.78, 5) is 22.8. The molecule has 1 aliphatic heterocycles. The molecule has 1 aromatic carbocycles. The van der Waals surface area contributed by atoms with Gasteiger partial charge in [0, 0.05) is 17.3 Å². The van der Waals surface area contributed by atoms with Gasteiger partial charge in [-0.05, 0) is 38.9 Å². The third-order valence-corrected chi connectivity index (χ3v) is 4.09. The van der Waals surface area contributed by atoms with Crippen molar-refractivity contribution in [2.24, 2.45) is 0 Å². The van der Waals surface area contributed by atoms with Gasteiger partial charge in [-0.25, -0.2) is 4.68 Å². The number of carbonyl (C=O) groups is 1. The Hall–Kier alpha value is -2.81. The number of benzene rings is 1. The number of aromatic nitrogens is 3. The van der Waals surface area contributed by atoms with E-state index in [0.717, 1.165) is 25.9 Å². The Balaban J connectivity index is 1.72. The zero-order chi connectivity index (χ0) is 17.1. The molecule has 2 N–H and O–H groups in total. The molecule has 0 atom stereocenters. The molecule has 3 rings (SSSR count). The number of carbonyl (C=O) groups excluding carboxylic acids is 1. The third kappa shape index (κ3) is 3.40. The van der Waals surface area contributed by atoms with Gasteiger partial charge >= 0.3 is 0 Å². The Morgan fingerprint density at radius 3 is 2.88 bits per heavy atom. The van der Waals surface area contributed by atoms with Crippen molar-refractivity contribution in [2.75, 3.05) is 18.4 Å². The molecular weight excluding hydrogens is 312 g/mol. The number of amides is 1. The van der Waals surface area contributed by atoms with E-state index in [0.29, 0.717) is 11.3 Å². The van der Waals surface area contributed by atoms with Crippen molar-refractivity contribution in [1.82, 2.24) is 20.3 Å². The Kier molecular flexibility index (Phi) is 4.52. The van der Waals surface area contributed by atoms with Crippen molar-refractivity contribution in [2.45, 2.75) is 25.8 Å². The first-order chi connectivity index (χ1) is 11.5. The highest BCUT2D eigenvalue weighted by atomic mass is 16.6. The van der Waals surface area contributed by atoms with Crippen molar-refractivity contribution in [3.8, 4) is 0 Å². The minimum atomic E-state index is -0.474. The van der Waals surface area contributed by atoms with Crippen LogP contribution in [0.4, 0.5) is 11.4 Å². The van der Waals surface area contributed by atoms with E-state index in [1.807, 2.05) is 0 Å². The SMILES string of the molecule is Cc1ccc(NC(=O)c2cn(C3CCNCC3)nn2)cc1[N+](=O)[O-]. The summed E-state index contributed by atoms with van der Waals surface area (Å²) < 4.78 is 1.72. The summed E-state index contributed by atoms with van der Waals surface area (Å²) >= 11 is 0. The van der Waals surface area contributed by atoms with Crippen LogP contribution in [0.2, 0.25) is 0 Å². The maximum absolute atomic E-state index is 12.3. The average molecular weight is 330 g/mol. The minimum Gasteiger partial charge on any atom is -0.320 e. The average Bonchev–Trinajstić information content (AvgIpc) is 3.07. The van der Waals surface area contributed by atoms with E-state index < -0.39 is 10.8 Å². The fourth-order valence-corrected chi connectivity index (χ4v) is 2.71. The molecule has 0 spiro atoms. The van der Waals surface area contributed by atoms with Crippen LogP contribution < -0.4 is 10.6 Å². The lowest BCUT2D eigenvalue weighted by Crippen LogP contribution is -2.29. The van der Waals surface area contributed by atoms with E-state index >= 15 is 0 Å². The van der Waals surface area contributed by atoms with E-state index in [1.165, 1.54) is 6.07 Å². The van der Waals surface area contributed by atoms with Gasteiger partial charge in [-0.2, -0.15) is 0 Å². The van der Waals surface area contributed by atoms with Gasteiger partial charge in [0.05, 0.1) is 17.2 Å². The zero-order valence-corrected chi connectivity index (χ0v) is 13.2. The first-order valence-corrected chi connectivity index (χ1v) is 7.73. The van der Waals surface area contributed by atoms with Gasteiger partial charge < -0.3 is 10.6 Å². The van der Waals surface area contributed by atoms with Gasteiger partial charge in [-0.1, -0.05) is 11.3 Å². The quantitative estimate of drug-likeness (QED) is 0.651. The van der Waals surface area contributed by atoms with E-state index in [1.54, 1.807) is 29.9 Å². The van der Waals surface area contributed by atoms with Gasteiger partial charge in [0.15, 0.2) is 5.69 Å². The van der Waals surface area contributed by atoms with Crippen LogP contribution in [-0.2, 0) is 0 Å². The molecule has 0 radical (unpaired) electrons. The molecule has 1 saturated heterocycles. The minimum absolute atomic E-state index is 0.0360. The Morgan fingerprint density at radius 2 is 2.17 bits per heavy atom. The van der Waals surface area contributed by atoms with Gasteiger partial charge in [0.1, 0.15) is 0 Å². The summed E-state index contributed by atoms with van der Waals surface area (Å²) in [6.45, 7) is 3.48. The third-order valence-electron chi connectivity index (χ3n) is 4.09. The number of hydrogen-bond acceptors (Lipinski definition) is 6. The van der Waals surface area contributed by atoms with E-state index in [4.69, 9.17) is 0 Å². The summed E-state index contributed by atoms with van der Waals surface area (Å²) in [5.41, 5.74) is 1.05. The van der Waals surface area contributed by atoms with Crippen molar-refractivity contribution in [1.29, 1.82) is 0 Å². The number of anilines is 1. The number of nitrogens with zero attached hydrogens (tertiary/aromatic N) is 4. The molecule has 1 aliphatic rings. The van der Waals surface area contributed by atoms with E-state index in [2.05, 4.69) is 20.9 Å². The lowest BCUT2D eigenvalue weighted by molar-refractivity contribution is -0.385. The monoisotopic (exact) mass is 330 g/mol. The Morgan fingerprint density at radius 1 is 1.42 bits per heavy atom. The number of piperidine rings is 1. The van der Waals surface area contributed by atoms with Crippen LogP contribution in [0, 0.1) is 17.0 Å². The highest BCUT2D eigenvalue weighted by molar-refractivity contribution is 6.02. The van der Waals surface area contributed by atoms with Crippen LogP contribution in [0.1, 0.15) is 34.9 Å². The molecular formula is C15H18N6O3. The number of aryl methyl sites for hydroxylation is 1. The Labute approximate surface area is 138 Å². The molecule has 0 aliphatic carbocycles. The predicted molar refractivity (Wildman–Crippen MR) is 86.9 cm³/mol. The van der Waals surface area contributed by atoms with Crippen molar-refractivity contribution in [3.05, 3.63) is 45.8 Å². The van der Waals surface area contributed by atoms with Crippen molar-refractivity contribution >= 4 is 17.3 Å². The smallest absolute Gasteiger partial charge is 0.277 e. The number of nitro benzene ring substituents is 1. The number of nitrogens with one attached hydrogen (secondary N) is 2. The highest BCUT2D eigenvalue weighted by Crippen LogP contribution is 2.23. The van der Waals surface area contributed by atoms with Crippen molar-refractivity contribution in [3.63, 3.8) is 0 Å². The summed E-state index contributed by atoms with van der Waals surface area (Å²) in [5, 5.41) is 24.8. The molecule has 0 bridgehead atoms. The number of hydrogen-bond donors (Lipinski definition) is 2. The van der Waals surface area contributed by atoms with Gasteiger partial charge in [-0.15, -0.1) is 5.10 Å². The van der Waals surface area contributed by atoms with Gasteiger partial charge in [0.25, 0.3) is 11.6 Å². The molecule has 1 amide bonds. The van der Waals surface area contributed by atoms with E-state index in [-0.39, 0.29) is 17.4 Å². The molecule has 126 valence electrons. The lowest BCUT2D eigenvalue weighted by atomic mass is 10.1. The van der Waals surface area contributed by atoms with Crippen LogP contribution in [0.25, 0.3) is 0 Å². The molecule has 9 nitrogen and oxygen atoms in total. The van der Waals surface area contributed by atoms with Crippen LogP contribution in [0.5, 0.6) is 0 Å². The van der Waals surface area contributed by atoms with Gasteiger partial charge in [-0.3, -0.25) is 14.9 Å². The molecule has 1 aromatic heterocycles. The molecule has 1 fully saturated rings. The molecule has 9 heteroatoms. The zero-order valence-electron chi connectivity index (χ0n) is 13.2. The highest BCUT2D eigenvalue weighted by Gasteiger charge is 2.19. The fraction of sp³-hybridized carbons (Fsp3) is 0.400. The molecule has 2 heterocycles. The van der Waals surface area contributed by atoms with Crippen LogP contribution in [0.3, 0.4) is 0 Å². The summed E-state index contributed by atoms with van der Waals surface area (Å²) in [6.07, 6.45) is 3.50. The molecule has 0 unspecified atom stereocenters. The van der Waals surface area contributed by atoms with Crippen molar-refractivity contribution < 1.29 is 9.72 Å². The molecule has 2 aromatic rings. The summed E-state index contributed by atoms with van der Waals surface area (Å²) in [7, 11) is 0. The maximum atomic E-state index is 12.3. The summed E-state index contributed by atoms with van der Waals surface area (Å²) in [6, 6.07) is 4.79. The second-order valence-electron chi connectivity index (χ2n) is 5.78. The van der Waals surface area contributed by atoms with Gasteiger partial charge in [0.2, 0.25) is 0 Å². The standard InChI is InChI=1S/C15H18N6O3/c1-10-2-3-11(8-14(10)21(23)24)17-15(22)13-9-20(19-18-13)12-4-6-16-7-5-12/h2-3,8-9,12,16H,4-7H2,1H3,(H,17,22). The molecule has 24 heavy (non-hydrogen) atoms. The second-order valence-corrected chi connectivity index (χ2v) is 5.78. The number of nitro groups is 1. The summed E-state index contributed by atoms with van der Waals surface area (Å²) in [5.74, 6) is -0.437. The first kappa shape index (κ1) is 16.1. The second kappa shape index (κ2) is 6.75.